The van der Waals surface area contributed by atoms with Crippen molar-refractivity contribution in [2.75, 3.05) is 0 Å². The molecule has 4 heteroatoms. The molecule has 0 fully saturated rings. The largest absolute Gasteiger partial charge is 0.252 e. The molecule has 12 heavy (non-hydrogen) atoms. The molecule has 1 aromatic carbocycles. The lowest BCUT2D eigenvalue weighted by molar-refractivity contribution is 0.510. The smallest absolute Gasteiger partial charge is 0.161 e. The Bertz CT molecular complexity index is 388. The molecule has 0 bridgehead atoms. The normalized spacial score (nSPS) is 10.5. The summed E-state index contributed by atoms with van der Waals surface area (Å²) in [4.78, 5) is 7.45. The first-order valence-corrected chi connectivity index (χ1v) is 3.25. The van der Waals surface area contributed by atoms with Crippen LogP contribution in [0.1, 0.15) is 0 Å². The molecule has 0 unspecified atom stereocenters. The monoisotopic (exact) mass is 165 g/mol. The molecule has 0 saturated heterocycles. The Kier molecular flexibility index (Phi) is 1.46. The first kappa shape index (κ1) is 7.09. The van der Waals surface area contributed by atoms with Crippen molar-refractivity contribution in [2.24, 2.45) is 0 Å². The van der Waals surface area contributed by atoms with E-state index in [1.54, 1.807) is 0 Å². The molecule has 0 aliphatic carbocycles. The second-order valence-corrected chi connectivity index (χ2v) is 2.25. The zero-order valence-electron chi connectivity index (χ0n) is 5.88. The fourth-order valence-electron chi connectivity index (χ4n) is 0.916. The lowest BCUT2D eigenvalue weighted by Crippen LogP contribution is -1.88. The summed E-state index contributed by atoms with van der Waals surface area (Å²) in [6, 6.07) is 2.00. The fourth-order valence-corrected chi connectivity index (χ4v) is 0.916. The van der Waals surface area contributed by atoms with E-state index < -0.39 is 11.6 Å². The Morgan fingerprint density at radius 1 is 1.08 bits per heavy atom. The molecule has 0 N–H and O–H groups in total. The zero-order valence-corrected chi connectivity index (χ0v) is 5.88. The Balaban J connectivity index is 2.84. The van der Waals surface area contributed by atoms with Crippen molar-refractivity contribution >= 4 is 11.0 Å². The van der Waals surface area contributed by atoms with E-state index in [1.165, 1.54) is 6.20 Å². The number of rotatable bonds is 0. The predicted octanol–water partition coefficient (Wildman–Crippen LogP) is 1.71. The van der Waals surface area contributed by atoms with Crippen LogP contribution in [0.25, 0.3) is 11.0 Å². The molecule has 0 aliphatic heterocycles. The average molecular weight is 165 g/mol. The number of benzene rings is 1. The third kappa shape index (κ3) is 1.01. The molecule has 0 aliphatic rings. The van der Waals surface area contributed by atoms with Gasteiger partial charge in [-0.2, -0.15) is 0 Å². The Morgan fingerprint density at radius 3 is 2.50 bits per heavy atom. The fraction of sp³-hybridized carbons (Fsp3) is 0. The minimum atomic E-state index is -0.920. The van der Waals surface area contributed by atoms with E-state index in [1.807, 2.05) is 0 Å². The van der Waals surface area contributed by atoms with Crippen LogP contribution in [0.4, 0.5) is 8.78 Å². The van der Waals surface area contributed by atoms with Crippen LogP contribution >= 0.6 is 0 Å². The summed E-state index contributed by atoms with van der Waals surface area (Å²) in [5.74, 6) is -1.83. The van der Waals surface area contributed by atoms with Crippen molar-refractivity contribution in [3.05, 3.63) is 36.2 Å². The summed E-state index contributed by atoms with van der Waals surface area (Å²) in [5.41, 5.74) is 0.629. The summed E-state index contributed by atoms with van der Waals surface area (Å²) in [7, 11) is 0. The summed E-state index contributed by atoms with van der Waals surface area (Å²) in [5, 5.41) is 0. The van der Waals surface area contributed by atoms with Gasteiger partial charge in [0.25, 0.3) is 0 Å². The summed E-state index contributed by atoms with van der Waals surface area (Å²) < 4.78 is 25.2. The van der Waals surface area contributed by atoms with E-state index >= 15 is 0 Å². The highest BCUT2D eigenvalue weighted by atomic mass is 19.2. The summed E-state index contributed by atoms with van der Waals surface area (Å²) in [6.45, 7) is 0. The van der Waals surface area contributed by atoms with Crippen LogP contribution in [0, 0.1) is 17.8 Å². The highest BCUT2D eigenvalue weighted by Crippen LogP contribution is 2.13. The maximum Gasteiger partial charge on any atom is 0.161 e. The number of nitrogens with zero attached hydrogens (tertiary/aromatic N) is 2. The van der Waals surface area contributed by atoms with E-state index in [0.29, 0.717) is 11.0 Å². The van der Waals surface area contributed by atoms with E-state index in [-0.39, 0.29) is 0 Å². The minimum Gasteiger partial charge on any atom is -0.252 e. The van der Waals surface area contributed by atoms with Crippen molar-refractivity contribution in [1.82, 2.24) is 9.97 Å². The van der Waals surface area contributed by atoms with Gasteiger partial charge in [-0.1, -0.05) is 0 Å². The van der Waals surface area contributed by atoms with E-state index in [0.717, 1.165) is 12.1 Å². The third-order valence-corrected chi connectivity index (χ3v) is 1.46. The lowest BCUT2D eigenvalue weighted by Gasteiger charge is -1.95. The van der Waals surface area contributed by atoms with Crippen molar-refractivity contribution in [1.29, 1.82) is 0 Å². The molecular weight excluding hydrogens is 162 g/mol. The van der Waals surface area contributed by atoms with Crippen LogP contribution in [0.2, 0.25) is 0 Å². The molecule has 1 radical (unpaired) electrons. The van der Waals surface area contributed by atoms with Crippen molar-refractivity contribution < 1.29 is 8.78 Å². The number of hydrogen-bond donors (Lipinski definition) is 0. The van der Waals surface area contributed by atoms with Crippen LogP contribution < -0.4 is 0 Å². The minimum absolute atomic E-state index is 0.302. The van der Waals surface area contributed by atoms with Gasteiger partial charge in [0.05, 0.1) is 17.2 Å². The van der Waals surface area contributed by atoms with Crippen molar-refractivity contribution in [3.8, 4) is 0 Å². The first-order chi connectivity index (χ1) is 5.77. The van der Waals surface area contributed by atoms with Crippen LogP contribution in [-0.2, 0) is 0 Å². The van der Waals surface area contributed by atoms with Crippen molar-refractivity contribution in [3.63, 3.8) is 0 Å². The Labute approximate surface area is 66.9 Å². The highest BCUT2D eigenvalue weighted by molar-refractivity contribution is 5.73. The van der Waals surface area contributed by atoms with Gasteiger partial charge in [-0.15, -0.1) is 0 Å². The van der Waals surface area contributed by atoms with Crippen LogP contribution in [-0.4, -0.2) is 9.97 Å². The molecule has 2 rings (SSSR count). The van der Waals surface area contributed by atoms with Gasteiger partial charge in [0, 0.05) is 12.1 Å². The SMILES string of the molecule is Fc1cc2n[c]cnc2cc1F. The maximum absolute atomic E-state index is 12.6. The predicted molar refractivity (Wildman–Crippen MR) is 38.3 cm³/mol. The molecule has 0 atom stereocenters. The zero-order chi connectivity index (χ0) is 8.55. The maximum atomic E-state index is 12.6. The van der Waals surface area contributed by atoms with Gasteiger partial charge in [0.1, 0.15) is 6.20 Å². The van der Waals surface area contributed by atoms with Crippen molar-refractivity contribution in [2.45, 2.75) is 0 Å². The summed E-state index contributed by atoms with van der Waals surface area (Å²) >= 11 is 0. The Morgan fingerprint density at radius 2 is 1.75 bits per heavy atom. The van der Waals surface area contributed by atoms with Gasteiger partial charge in [0.15, 0.2) is 11.6 Å². The lowest BCUT2D eigenvalue weighted by atomic mass is 10.3. The van der Waals surface area contributed by atoms with Gasteiger partial charge >= 0.3 is 0 Å². The van der Waals surface area contributed by atoms with E-state index in [4.69, 9.17) is 0 Å². The van der Waals surface area contributed by atoms with Crippen LogP contribution in [0.15, 0.2) is 18.3 Å². The van der Waals surface area contributed by atoms with Gasteiger partial charge < -0.3 is 0 Å². The quantitative estimate of drug-likeness (QED) is 0.593. The van der Waals surface area contributed by atoms with Crippen LogP contribution in [0.5, 0.6) is 0 Å². The Hall–Kier alpha value is -1.58. The topological polar surface area (TPSA) is 25.8 Å². The van der Waals surface area contributed by atoms with E-state index in [9.17, 15) is 8.78 Å². The van der Waals surface area contributed by atoms with Gasteiger partial charge in [-0.3, -0.25) is 4.98 Å². The first-order valence-electron chi connectivity index (χ1n) is 3.25. The number of hydrogen-bond acceptors (Lipinski definition) is 2. The number of aromatic nitrogens is 2. The molecule has 1 heterocycles. The summed E-state index contributed by atoms with van der Waals surface area (Å²) in [6.07, 6.45) is 3.74. The number of fused-ring (bicyclic) bond motifs is 1. The molecule has 59 valence electrons. The van der Waals surface area contributed by atoms with Crippen LogP contribution in [0.3, 0.4) is 0 Å². The van der Waals surface area contributed by atoms with Gasteiger partial charge in [0.2, 0.25) is 0 Å². The molecule has 2 nitrogen and oxygen atoms in total. The molecule has 2 aromatic rings. The second-order valence-electron chi connectivity index (χ2n) is 2.25. The van der Waals surface area contributed by atoms with Gasteiger partial charge in [-0.25, -0.2) is 13.8 Å². The third-order valence-electron chi connectivity index (χ3n) is 1.46. The molecule has 0 saturated carbocycles. The highest BCUT2D eigenvalue weighted by Gasteiger charge is 2.04. The molecule has 0 amide bonds. The van der Waals surface area contributed by atoms with E-state index in [2.05, 4.69) is 16.2 Å². The van der Waals surface area contributed by atoms with Gasteiger partial charge in [-0.05, 0) is 0 Å². The average Bonchev–Trinajstić information content (AvgIpc) is 2.07. The molecular formula is C8H3F2N2. The molecule has 1 aromatic heterocycles. The second kappa shape index (κ2) is 2.48. The number of halogens is 2. The molecule has 0 spiro atoms. The standard InChI is InChI=1S/C8H3F2N2/c9-5-3-7-8(4-6(5)10)12-2-1-11-7/h1,3-4H.